The van der Waals surface area contributed by atoms with Crippen LogP contribution < -0.4 is 10.6 Å². The molecule has 94 valence electrons. The van der Waals surface area contributed by atoms with Crippen molar-refractivity contribution in [2.45, 2.75) is 37.0 Å². The molecule has 0 bridgehead atoms. The van der Waals surface area contributed by atoms with Crippen molar-refractivity contribution in [3.05, 3.63) is 12.3 Å². The van der Waals surface area contributed by atoms with Gasteiger partial charge < -0.3 is 10.6 Å². The Kier molecular flexibility index (Phi) is 4.48. The SMILES string of the molecule is CNc1nccc(NC2CCCCC2SC)n1. The molecule has 1 saturated carbocycles. The molecule has 1 fully saturated rings. The van der Waals surface area contributed by atoms with Crippen molar-refractivity contribution in [2.75, 3.05) is 23.9 Å². The molecule has 1 aromatic rings. The van der Waals surface area contributed by atoms with Gasteiger partial charge in [-0.15, -0.1) is 0 Å². The summed E-state index contributed by atoms with van der Waals surface area (Å²) in [6.07, 6.45) is 9.21. The van der Waals surface area contributed by atoms with Crippen LogP contribution in [0, 0.1) is 0 Å². The number of aromatic nitrogens is 2. The van der Waals surface area contributed by atoms with Gasteiger partial charge in [0, 0.05) is 24.5 Å². The van der Waals surface area contributed by atoms with Crippen LogP contribution in [-0.2, 0) is 0 Å². The Balaban J connectivity index is 2.02. The van der Waals surface area contributed by atoms with Crippen LogP contribution in [0.15, 0.2) is 12.3 Å². The van der Waals surface area contributed by atoms with E-state index in [1.54, 1.807) is 6.20 Å². The van der Waals surface area contributed by atoms with Crippen molar-refractivity contribution in [3.63, 3.8) is 0 Å². The lowest BCUT2D eigenvalue weighted by Gasteiger charge is -2.31. The van der Waals surface area contributed by atoms with E-state index in [0.717, 1.165) is 5.82 Å². The summed E-state index contributed by atoms with van der Waals surface area (Å²) in [4.78, 5) is 8.53. The topological polar surface area (TPSA) is 49.8 Å². The maximum absolute atomic E-state index is 4.41. The summed E-state index contributed by atoms with van der Waals surface area (Å²) in [6.45, 7) is 0. The van der Waals surface area contributed by atoms with E-state index in [1.807, 2.05) is 24.9 Å². The molecule has 4 nitrogen and oxygen atoms in total. The maximum atomic E-state index is 4.41. The first-order valence-corrected chi connectivity index (χ1v) is 7.42. The minimum atomic E-state index is 0.540. The molecule has 2 atom stereocenters. The molecular formula is C12H20N4S. The molecule has 0 aromatic carbocycles. The van der Waals surface area contributed by atoms with Gasteiger partial charge in [0.2, 0.25) is 5.95 Å². The van der Waals surface area contributed by atoms with Crippen LogP contribution in [-0.4, -0.2) is 34.6 Å². The van der Waals surface area contributed by atoms with Crippen LogP contribution in [0.1, 0.15) is 25.7 Å². The number of thioether (sulfide) groups is 1. The summed E-state index contributed by atoms with van der Waals surface area (Å²) in [5.74, 6) is 1.60. The number of anilines is 2. The van der Waals surface area contributed by atoms with Gasteiger partial charge in [-0.3, -0.25) is 0 Å². The number of hydrogen-bond acceptors (Lipinski definition) is 5. The van der Waals surface area contributed by atoms with Crippen molar-refractivity contribution in [3.8, 4) is 0 Å². The maximum Gasteiger partial charge on any atom is 0.224 e. The fourth-order valence-electron chi connectivity index (χ4n) is 2.29. The molecular weight excluding hydrogens is 232 g/mol. The molecule has 2 rings (SSSR count). The van der Waals surface area contributed by atoms with Gasteiger partial charge >= 0.3 is 0 Å². The van der Waals surface area contributed by atoms with E-state index in [1.165, 1.54) is 25.7 Å². The Labute approximate surface area is 107 Å². The van der Waals surface area contributed by atoms with E-state index in [2.05, 4.69) is 26.9 Å². The van der Waals surface area contributed by atoms with Gasteiger partial charge in [0.05, 0.1) is 0 Å². The van der Waals surface area contributed by atoms with Crippen LogP contribution in [0.5, 0.6) is 0 Å². The molecule has 0 spiro atoms. The predicted octanol–water partition coefficient (Wildman–Crippen LogP) is 2.60. The Morgan fingerprint density at radius 2 is 2.18 bits per heavy atom. The van der Waals surface area contributed by atoms with E-state index in [-0.39, 0.29) is 0 Å². The molecule has 0 saturated heterocycles. The van der Waals surface area contributed by atoms with Crippen LogP contribution in [0.25, 0.3) is 0 Å². The average molecular weight is 252 g/mol. The summed E-state index contributed by atoms with van der Waals surface area (Å²) >= 11 is 1.96. The van der Waals surface area contributed by atoms with E-state index in [9.17, 15) is 0 Å². The van der Waals surface area contributed by atoms with Gasteiger partial charge in [0.25, 0.3) is 0 Å². The fourth-order valence-corrected chi connectivity index (χ4v) is 3.23. The van der Waals surface area contributed by atoms with Crippen LogP contribution in [0.3, 0.4) is 0 Å². The van der Waals surface area contributed by atoms with Crippen LogP contribution in [0.2, 0.25) is 0 Å². The third-order valence-electron chi connectivity index (χ3n) is 3.22. The molecule has 5 heteroatoms. The smallest absolute Gasteiger partial charge is 0.224 e. The number of hydrogen-bond donors (Lipinski definition) is 2. The molecule has 1 aromatic heterocycles. The predicted molar refractivity (Wildman–Crippen MR) is 74.8 cm³/mol. The number of nitrogens with zero attached hydrogens (tertiary/aromatic N) is 2. The largest absolute Gasteiger partial charge is 0.366 e. The van der Waals surface area contributed by atoms with Crippen molar-refractivity contribution in [1.29, 1.82) is 0 Å². The van der Waals surface area contributed by atoms with Gasteiger partial charge in [-0.25, -0.2) is 4.98 Å². The van der Waals surface area contributed by atoms with Crippen molar-refractivity contribution in [2.24, 2.45) is 0 Å². The number of nitrogens with one attached hydrogen (secondary N) is 2. The Morgan fingerprint density at radius 3 is 2.94 bits per heavy atom. The zero-order valence-corrected chi connectivity index (χ0v) is 11.3. The quantitative estimate of drug-likeness (QED) is 0.862. The minimum Gasteiger partial charge on any atom is -0.366 e. The second-order valence-corrected chi connectivity index (χ2v) is 5.40. The zero-order chi connectivity index (χ0) is 12.1. The standard InChI is InChI=1S/C12H20N4S/c1-13-12-14-8-7-11(16-12)15-9-5-3-4-6-10(9)17-2/h7-10H,3-6H2,1-2H3,(H2,13,14,15,16). The first-order chi connectivity index (χ1) is 8.33. The van der Waals surface area contributed by atoms with Crippen LogP contribution in [0.4, 0.5) is 11.8 Å². The zero-order valence-electron chi connectivity index (χ0n) is 10.4. The molecule has 1 aliphatic rings. The lowest BCUT2D eigenvalue weighted by molar-refractivity contribution is 0.474. The van der Waals surface area contributed by atoms with E-state index in [4.69, 9.17) is 0 Å². The summed E-state index contributed by atoms with van der Waals surface area (Å²) in [6, 6.07) is 2.48. The van der Waals surface area contributed by atoms with Crippen molar-refractivity contribution >= 4 is 23.5 Å². The normalized spacial score (nSPS) is 24.4. The lowest BCUT2D eigenvalue weighted by Crippen LogP contribution is -2.34. The highest BCUT2D eigenvalue weighted by atomic mass is 32.2. The molecule has 17 heavy (non-hydrogen) atoms. The molecule has 0 aliphatic heterocycles. The summed E-state index contributed by atoms with van der Waals surface area (Å²) in [5, 5.41) is 7.21. The van der Waals surface area contributed by atoms with E-state index in [0.29, 0.717) is 17.2 Å². The molecule has 2 N–H and O–H groups in total. The fraction of sp³-hybridized carbons (Fsp3) is 0.667. The van der Waals surface area contributed by atoms with Gasteiger partial charge in [-0.2, -0.15) is 16.7 Å². The third kappa shape index (κ3) is 3.25. The average Bonchev–Trinajstić information content (AvgIpc) is 2.39. The molecule has 2 unspecified atom stereocenters. The van der Waals surface area contributed by atoms with Crippen LogP contribution >= 0.6 is 11.8 Å². The summed E-state index contributed by atoms with van der Waals surface area (Å²) in [5.41, 5.74) is 0. The Morgan fingerprint density at radius 1 is 1.35 bits per heavy atom. The number of rotatable bonds is 4. The minimum absolute atomic E-state index is 0.540. The first-order valence-electron chi connectivity index (χ1n) is 6.13. The van der Waals surface area contributed by atoms with Gasteiger partial charge in [0.15, 0.2) is 0 Å². The highest BCUT2D eigenvalue weighted by Crippen LogP contribution is 2.29. The van der Waals surface area contributed by atoms with Crippen molar-refractivity contribution in [1.82, 2.24) is 9.97 Å². The molecule has 0 radical (unpaired) electrons. The highest BCUT2D eigenvalue weighted by Gasteiger charge is 2.24. The third-order valence-corrected chi connectivity index (χ3v) is 4.39. The highest BCUT2D eigenvalue weighted by molar-refractivity contribution is 7.99. The lowest BCUT2D eigenvalue weighted by atomic mass is 9.95. The Bertz CT molecular complexity index is 358. The molecule has 1 heterocycles. The van der Waals surface area contributed by atoms with Gasteiger partial charge in [-0.1, -0.05) is 12.8 Å². The molecule has 0 amide bonds. The first kappa shape index (κ1) is 12.5. The Hall–Kier alpha value is -0.970. The van der Waals surface area contributed by atoms with Gasteiger partial charge in [-0.05, 0) is 25.2 Å². The second kappa shape index (κ2) is 6.10. The second-order valence-electron chi connectivity index (χ2n) is 4.32. The molecule has 1 aliphatic carbocycles. The monoisotopic (exact) mass is 252 g/mol. The van der Waals surface area contributed by atoms with Crippen molar-refractivity contribution < 1.29 is 0 Å². The van der Waals surface area contributed by atoms with E-state index < -0.39 is 0 Å². The van der Waals surface area contributed by atoms with E-state index >= 15 is 0 Å². The van der Waals surface area contributed by atoms with Gasteiger partial charge in [0.1, 0.15) is 5.82 Å². The summed E-state index contributed by atoms with van der Waals surface area (Å²) < 4.78 is 0. The summed E-state index contributed by atoms with van der Waals surface area (Å²) in [7, 11) is 1.84.